The number of anilines is 3. The Kier molecular flexibility index (Phi) is 7.57. The van der Waals surface area contributed by atoms with E-state index in [1.165, 1.54) is 25.4 Å². The minimum atomic E-state index is -1.36. The van der Waals surface area contributed by atoms with Gasteiger partial charge < -0.3 is 29.6 Å². The molecule has 196 valence electrons. The standard InChI is InChI=1S/C23H22F3N5O6/c1-35-11-23(21(33)34)6-4-13(5-7-23)36-18-3-2-12(10-27-18)28-19(32)20-30-31-22(37-20)29-17-9-15(25)14(24)8-16(17)26/h2-3,8-10,13H,4-7,11H2,1H3,(H,28,32)(H,29,31)(H,33,34). The number of carbonyl (C=O) groups excluding carboxylic acids is 1. The van der Waals surface area contributed by atoms with Gasteiger partial charge in [0.1, 0.15) is 11.9 Å². The minimum Gasteiger partial charge on any atom is -0.481 e. The van der Waals surface area contributed by atoms with E-state index in [9.17, 15) is 27.9 Å². The largest absolute Gasteiger partial charge is 0.481 e. The number of aromatic nitrogens is 3. The lowest BCUT2D eigenvalue weighted by Crippen LogP contribution is -2.41. The summed E-state index contributed by atoms with van der Waals surface area (Å²) in [6.45, 7) is 0.140. The van der Waals surface area contributed by atoms with Crippen LogP contribution in [0.2, 0.25) is 0 Å². The van der Waals surface area contributed by atoms with Crippen molar-refractivity contribution in [3.8, 4) is 5.88 Å². The summed E-state index contributed by atoms with van der Waals surface area (Å²) in [4.78, 5) is 28.2. The minimum absolute atomic E-state index is 0.140. The first-order valence-corrected chi connectivity index (χ1v) is 11.1. The molecule has 1 fully saturated rings. The van der Waals surface area contributed by atoms with Crippen LogP contribution in [0.5, 0.6) is 5.88 Å². The Labute approximate surface area is 208 Å². The van der Waals surface area contributed by atoms with E-state index in [1.807, 2.05) is 0 Å². The fourth-order valence-electron chi connectivity index (χ4n) is 3.94. The molecule has 0 atom stereocenters. The summed E-state index contributed by atoms with van der Waals surface area (Å²) in [6, 6.07) is 3.57. The third kappa shape index (κ3) is 5.97. The molecule has 11 nitrogen and oxygen atoms in total. The van der Waals surface area contributed by atoms with Gasteiger partial charge in [-0.05, 0) is 31.7 Å². The number of methoxy groups -OCH3 is 1. The molecule has 3 aromatic rings. The van der Waals surface area contributed by atoms with E-state index in [0.29, 0.717) is 43.7 Å². The molecule has 1 amide bonds. The van der Waals surface area contributed by atoms with E-state index < -0.39 is 52.3 Å². The Balaban J connectivity index is 1.31. The van der Waals surface area contributed by atoms with Crippen molar-refractivity contribution < 1.29 is 41.8 Å². The van der Waals surface area contributed by atoms with E-state index in [-0.39, 0.29) is 18.4 Å². The average molecular weight is 521 g/mol. The lowest BCUT2D eigenvalue weighted by molar-refractivity contribution is -0.156. The number of ether oxygens (including phenoxy) is 2. The number of hydrogen-bond acceptors (Lipinski definition) is 9. The molecule has 1 saturated carbocycles. The molecule has 0 unspecified atom stereocenters. The molecule has 0 radical (unpaired) electrons. The summed E-state index contributed by atoms with van der Waals surface area (Å²) in [5, 5.41) is 21.4. The number of carboxylic acid groups (broad SMARTS) is 1. The van der Waals surface area contributed by atoms with Crippen molar-refractivity contribution in [1.82, 2.24) is 15.2 Å². The lowest BCUT2D eigenvalue weighted by Gasteiger charge is -2.36. The first-order valence-electron chi connectivity index (χ1n) is 11.1. The molecule has 2 aromatic heterocycles. The van der Waals surface area contributed by atoms with Crippen molar-refractivity contribution in [3.05, 3.63) is 53.8 Å². The van der Waals surface area contributed by atoms with Crippen molar-refractivity contribution >= 4 is 29.3 Å². The van der Waals surface area contributed by atoms with E-state index >= 15 is 0 Å². The molecule has 3 N–H and O–H groups in total. The number of nitrogens with one attached hydrogen (secondary N) is 2. The van der Waals surface area contributed by atoms with Crippen LogP contribution in [0.25, 0.3) is 0 Å². The lowest BCUT2D eigenvalue weighted by atomic mass is 9.73. The molecule has 14 heteroatoms. The maximum atomic E-state index is 13.8. The molecule has 37 heavy (non-hydrogen) atoms. The summed E-state index contributed by atoms with van der Waals surface area (Å²) >= 11 is 0. The molecule has 1 aliphatic carbocycles. The van der Waals surface area contributed by atoms with Crippen molar-refractivity contribution in [2.75, 3.05) is 24.4 Å². The van der Waals surface area contributed by atoms with Gasteiger partial charge in [-0.25, -0.2) is 18.2 Å². The first kappa shape index (κ1) is 25.9. The molecule has 0 bridgehead atoms. The van der Waals surface area contributed by atoms with Gasteiger partial charge in [0.25, 0.3) is 0 Å². The van der Waals surface area contributed by atoms with Gasteiger partial charge in [0.2, 0.25) is 5.88 Å². The first-order chi connectivity index (χ1) is 17.7. The van der Waals surface area contributed by atoms with Gasteiger partial charge in [0.05, 0.1) is 29.6 Å². The van der Waals surface area contributed by atoms with E-state index in [4.69, 9.17) is 13.9 Å². The predicted octanol–water partition coefficient (Wildman–Crippen LogP) is 3.92. The monoisotopic (exact) mass is 521 g/mol. The summed E-state index contributed by atoms with van der Waals surface area (Å²) in [7, 11) is 1.48. The molecule has 1 aromatic carbocycles. The number of nitrogens with zero attached hydrogens (tertiary/aromatic N) is 3. The third-order valence-electron chi connectivity index (χ3n) is 5.92. The summed E-state index contributed by atoms with van der Waals surface area (Å²) in [6.07, 6.45) is 3.02. The normalized spacial score (nSPS) is 19.3. The van der Waals surface area contributed by atoms with Crippen molar-refractivity contribution in [1.29, 1.82) is 0 Å². The highest BCUT2D eigenvalue weighted by Crippen LogP contribution is 2.38. The van der Waals surface area contributed by atoms with Gasteiger partial charge in [-0.15, -0.1) is 5.10 Å². The second-order valence-electron chi connectivity index (χ2n) is 8.46. The van der Waals surface area contributed by atoms with Crippen LogP contribution in [0.15, 0.2) is 34.9 Å². The fourth-order valence-corrected chi connectivity index (χ4v) is 3.94. The van der Waals surface area contributed by atoms with E-state index in [0.717, 1.165) is 0 Å². The van der Waals surface area contributed by atoms with Crippen LogP contribution >= 0.6 is 0 Å². The zero-order valence-electron chi connectivity index (χ0n) is 19.5. The van der Waals surface area contributed by atoms with Crippen molar-refractivity contribution in [3.63, 3.8) is 0 Å². The second-order valence-corrected chi connectivity index (χ2v) is 8.46. The van der Waals surface area contributed by atoms with Crippen LogP contribution < -0.4 is 15.4 Å². The van der Waals surface area contributed by atoms with Crippen LogP contribution in [-0.4, -0.2) is 52.0 Å². The van der Waals surface area contributed by atoms with Gasteiger partial charge >= 0.3 is 23.8 Å². The predicted molar refractivity (Wildman–Crippen MR) is 121 cm³/mol. The Hall–Kier alpha value is -4.20. The number of rotatable bonds is 9. The Morgan fingerprint density at radius 1 is 1.14 bits per heavy atom. The van der Waals surface area contributed by atoms with E-state index in [2.05, 4.69) is 25.8 Å². The Morgan fingerprint density at radius 3 is 2.51 bits per heavy atom. The molecule has 0 saturated heterocycles. The number of benzene rings is 1. The number of aliphatic carboxylic acids is 1. The van der Waals surface area contributed by atoms with Gasteiger partial charge in [-0.3, -0.25) is 9.59 Å². The summed E-state index contributed by atoms with van der Waals surface area (Å²) in [5.74, 6) is -5.60. The van der Waals surface area contributed by atoms with Crippen LogP contribution in [0.4, 0.5) is 30.6 Å². The SMILES string of the molecule is COCC1(C(=O)O)CCC(Oc2ccc(NC(=O)c3nnc(Nc4cc(F)c(F)cc4F)o3)cn2)CC1. The zero-order chi connectivity index (χ0) is 26.6. The smallest absolute Gasteiger partial charge is 0.320 e. The highest BCUT2D eigenvalue weighted by Gasteiger charge is 2.42. The topological polar surface area (TPSA) is 149 Å². The molecule has 1 aliphatic rings. The third-order valence-corrected chi connectivity index (χ3v) is 5.92. The van der Waals surface area contributed by atoms with Gasteiger partial charge in [0.15, 0.2) is 11.6 Å². The average Bonchev–Trinajstić information content (AvgIpc) is 3.34. The number of carboxylic acids is 1. The second kappa shape index (κ2) is 10.8. The highest BCUT2D eigenvalue weighted by atomic mass is 19.2. The summed E-state index contributed by atoms with van der Waals surface area (Å²) in [5.41, 5.74) is -1.09. The van der Waals surface area contributed by atoms with Crippen LogP contribution in [0.1, 0.15) is 36.4 Å². The molecule has 0 aliphatic heterocycles. The van der Waals surface area contributed by atoms with Crippen LogP contribution in [-0.2, 0) is 9.53 Å². The molecular formula is C23H22F3N5O6. The number of pyridine rings is 1. The summed E-state index contributed by atoms with van der Waals surface area (Å²) < 4.78 is 56.2. The van der Waals surface area contributed by atoms with Gasteiger partial charge in [0, 0.05) is 25.3 Å². The van der Waals surface area contributed by atoms with Crippen molar-refractivity contribution in [2.24, 2.45) is 5.41 Å². The van der Waals surface area contributed by atoms with Gasteiger partial charge in [-0.2, -0.15) is 0 Å². The van der Waals surface area contributed by atoms with Crippen LogP contribution in [0, 0.1) is 22.9 Å². The Morgan fingerprint density at radius 2 is 1.86 bits per heavy atom. The number of amides is 1. The Bertz CT molecular complexity index is 1280. The molecule has 0 spiro atoms. The molecule has 4 rings (SSSR count). The molecular weight excluding hydrogens is 499 g/mol. The number of halogens is 3. The molecule has 2 heterocycles. The van der Waals surface area contributed by atoms with E-state index in [1.54, 1.807) is 0 Å². The quantitative estimate of drug-likeness (QED) is 0.354. The maximum Gasteiger partial charge on any atom is 0.320 e. The number of carbonyl (C=O) groups is 2. The fraction of sp³-hybridized carbons (Fsp3) is 0.348. The number of hydrogen-bond donors (Lipinski definition) is 3. The van der Waals surface area contributed by atoms with Crippen LogP contribution in [0.3, 0.4) is 0 Å². The van der Waals surface area contributed by atoms with Crippen molar-refractivity contribution in [2.45, 2.75) is 31.8 Å². The van der Waals surface area contributed by atoms with Gasteiger partial charge in [-0.1, -0.05) is 5.10 Å². The maximum absolute atomic E-state index is 13.8. The zero-order valence-corrected chi connectivity index (χ0v) is 19.5. The highest BCUT2D eigenvalue weighted by molar-refractivity contribution is 6.00.